The lowest BCUT2D eigenvalue weighted by atomic mass is 9.67. The van der Waals surface area contributed by atoms with Gasteiger partial charge in [0.25, 0.3) is 0 Å². The maximum absolute atomic E-state index is 7.08. The Morgan fingerprint density at radius 2 is 1.27 bits per heavy atom. The minimum absolute atomic E-state index is 0.169. The van der Waals surface area contributed by atoms with Gasteiger partial charge in [0.05, 0.1) is 0 Å². The van der Waals surface area contributed by atoms with Crippen molar-refractivity contribution in [2.24, 2.45) is 0 Å². The van der Waals surface area contributed by atoms with Crippen LogP contribution in [0.2, 0.25) is 13.1 Å². The summed E-state index contributed by atoms with van der Waals surface area (Å²) < 4.78 is 2.18. The first kappa shape index (κ1) is 30.2. The van der Waals surface area contributed by atoms with Crippen molar-refractivity contribution in [3.63, 3.8) is 0 Å². The Morgan fingerprint density at radius 1 is 0.818 bits per heavy atom. The fraction of sp³-hybridized carbons (Fsp3) is 0.741. The van der Waals surface area contributed by atoms with E-state index in [4.69, 9.17) is 7.98 Å². The molecule has 0 spiro atoms. The van der Waals surface area contributed by atoms with Gasteiger partial charge in [-0.1, -0.05) is 119 Å². The van der Waals surface area contributed by atoms with Gasteiger partial charge in [-0.2, -0.15) is 0 Å². The highest BCUT2D eigenvalue weighted by Gasteiger charge is 2.51. The average molecular weight is 468 g/mol. The predicted octanol–water partition coefficient (Wildman–Crippen LogP) is 5.52. The molecule has 0 heterocycles. The van der Waals surface area contributed by atoms with Gasteiger partial charge in [0.15, 0.2) is 8.07 Å². The molecule has 0 aliphatic heterocycles. The van der Waals surface area contributed by atoms with Gasteiger partial charge in [-0.25, -0.2) is 0 Å². The Morgan fingerprint density at radius 3 is 1.67 bits per heavy atom. The van der Waals surface area contributed by atoms with Crippen molar-refractivity contribution < 1.29 is 4.49 Å². The summed E-state index contributed by atoms with van der Waals surface area (Å²) in [6.45, 7) is 27.0. The number of hydrogen-bond donors (Lipinski definition) is 0. The molecule has 0 unspecified atom stereocenters. The number of unbranched alkanes of at least 4 members (excludes halogenated alkanes) is 3. The summed E-state index contributed by atoms with van der Waals surface area (Å²) in [5.41, 5.74) is 0. The van der Waals surface area contributed by atoms with Crippen LogP contribution in [0.5, 0.6) is 0 Å². The van der Waals surface area contributed by atoms with E-state index in [1.165, 1.54) is 29.7 Å². The largest absolute Gasteiger partial charge is 0.579 e. The first-order chi connectivity index (χ1) is 15.4. The molecular weight excluding hydrogens is 416 g/mol. The molecule has 2 radical (unpaired) electrons. The monoisotopic (exact) mass is 468 g/mol. The van der Waals surface area contributed by atoms with E-state index < -0.39 is 8.07 Å². The van der Waals surface area contributed by atoms with E-state index >= 15 is 0 Å². The SMILES string of the molecule is [B]/[N+](CCCCCC)=C(/B(N(C(C)C)C(C)C)N(C(C)C)C(C)C)[Si](C)(C)c1ccccc1. The summed E-state index contributed by atoms with van der Waals surface area (Å²) >= 11 is 0. The van der Waals surface area contributed by atoms with E-state index in [0.717, 1.165) is 13.0 Å². The molecule has 1 rings (SSSR count). The quantitative estimate of drug-likeness (QED) is 0.202. The molecule has 184 valence electrons. The zero-order chi connectivity index (χ0) is 25.3. The van der Waals surface area contributed by atoms with Crippen LogP contribution in [0, 0.1) is 0 Å². The third-order valence-corrected chi connectivity index (χ3v) is 10.5. The molecule has 0 fully saturated rings. The van der Waals surface area contributed by atoms with Gasteiger partial charge in [0.2, 0.25) is 0 Å². The molecule has 0 saturated carbocycles. The van der Waals surface area contributed by atoms with Crippen LogP contribution in [-0.2, 0) is 0 Å². The molecule has 6 heteroatoms. The second-order valence-corrected chi connectivity index (χ2v) is 15.6. The standard InChI is InChI=1S/C27H52B2N3Si/c1-12-13-14-18-21-30(28)27(33(10,11)26-19-16-15-17-20-26)29(31(22(2)3)23(4)5)32(24(6)7)25(8)9/h15-17,19-20,22-25H,12-14,18,21H2,1-11H3/q+1/b30-27-. The van der Waals surface area contributed by atoms with E-state index in [1.54, 1.807) is 0 Å². The van der Waals surface area contributed by atoms with Crippen molar-refractivity contribution in [3.05, 3.63) is 30.3 Å². The highest BCUT2D eigenvalue weighted by atomic mass is 28.3. The first-order valence-electron chi connectivity index (χ1n) is 13.4. The molecule has 0 aromatic heterocycles. The van der Waals surface area contributed by atoms with Crippen molar-refractivity contribution in [2.75, 3.05) is 6.54 Å². The summed E-state index contributed by atoms with van der Waals surface area (Å²) in [7, 11) is 5.00. The molecule has 0 saturated heterocycles. The van der Waals surface area contributed by atoms with Gasteiger partial charge in [-0.3, -0.25) is 0 Å². The zero-order valence-corrected chi connectivity index (χ0v) is 24.7. The van der Waals surface area contributed by atoms with Crippen molar-refractivity contribution in [1.82, 2.24) is 9.62 Å². The maximum Gasteiger partial charge on any atom is 0.579 e. The zero-order valence-electron chi connectivity index (χ0n) is 23.7. The molecule has 1 aromatic carbocycles. The van der Waals surface area contributed by atoms with Crippen LogP contribution in [0.4, 0.5) is 0 Å². The van der Waals surface area contributed by atoms with Crippen LogP contribution in [0.1, 0.15) is 88.0 Å². The van der Waals surface area contributed by atoms with E-state index in [1.807, 2.05) is 0 Å². The number of benzene rings is 1. The molecule has 0 N–H and O–H groups in total. The van der Waals surface area contributed by atoms with Crippen LogP contribution >= 0.6 is 0 Å². The maximum atomic E-state index is 7.08. The van der Waals surface area contributed by atoms with Gasteiger partial charge in [-0.15, -0.1) is 0 Å². The van der Waals surface area contributed by atoms with Crippen LogP contribution < -0.4 is 5.19 Å². The summed E-state index contributed by atoms with van der Waals surface area (Å²) in [5.74, 6) is 0. The Labute approximate surface area is 209 Å². The van der Waals surface area contributed by atoms with Gasteiger partial charge in [-0.05, 0) is 35.8 Å². The second kappa shape index (κ2) is 13.9. The normalized spacial score (nSPS) is 13.7. The van der Waals surface area contributed by atoms with Gasteiger partial charge in [0.1, 0.15) is 11.8 Å². The second-order valence-electron chi connectivity index (χ2n) is 11.3. The molecule has 0 aliphatic rings. The minimum Gasteiger partial charge on any atom is -0.334 e. The van der Waals surface area contributed by atoms with Crippen LogP contribution in [0.25, 0.3) is 0 Å². The summed E-state index contributed by atoms with van der Waals surface area (Å²) in [6, 6.07) is 12.8. The fourth-order valence-electron chi connectivity index (χ4n) is 5.42. The van der Waals surface area contributed by atoms with Crippen molar-refractivity contribution >= 4 is 33.5 Å². The molecule has 0 amide bonds. The third kappa shape index (κ3) is 8.11. The molecule has 33 heavy (non-hydrogen) atoms. The predicted molar refractivity (Wildman–Crippen MR) is 154 cm³/mol. The van der Waals surface area contributed by atoms with E-state index in [9.17, 15) is 0 Å². The third-order valence-electron chi connectivity index (χ3n) is 6.89. The first-order valence-corrected chi connectivity index (χ1v) is 16.4. The van der Waals surface area contributed by atoms with E-state index in [2.05, 4.69) is 120 Å². The number of rotatable bonds is 14. The smallest absolute Gasteiger partial charge is 0.334 e. The Balaban J connectivity index is 3.84. The van der Waals surface area contributed by atoms with Gasteiger partial charge >= 0.3 is 15.0 Å². The van der Waals surface area contributed by atoms with E-state index in [0.29, 0.717) is 24.2 Å². The molecule has 0 aliphatic carbocycles. The van der Waals surface area contributed by atoms with Crippen molar-refractivity contribution in [1.29, 1.82) is 0 Å². The molecular formula is C27H52B2N3Si+. The highest BCUT2D eigenvalue weighted by Crippen LogP contribution is 2.22. The van der Waals surface area contributed by atoms with E-state index in [-0.39, 0.29) is 6.98 Å². The topological polar surface area (TPSA) is 9.49 Å². The number of nitrogens with zero attached hydrogens (tertiary/aromatic N) is 3. The van der Waals surface area contributed by atoms with Crippen LogP contribution in [-0.4, -0.2) is 73.1 Å². The lowest BCUT2D eigenvalue weighted by molar-refractivity contribution is -0.371. The number of hydrogen-bond acceptors (Lipinski definition) is 2. The molecule has 0 bridgehead atoms. The fourth-order valence-corrected chi connectivity index (χ4v) is 8.52. The Kier molecular flexibility index (Phi) is 12.7. The summed E-state index contributed by atoms with van der Waals surface area (Å²) in [6.07, 6.45) is 4.91. The molecule has 0 atom stereocenters. The minimum atomic E-state index is -2.08. The lowest BCUT2D eigenvalue weighted by Crippen LogP contribution is -2.73. The van der Waals surface area contributed by atoms with Crippen molar-refractivity contribution in [3.8, 4) is 0 Å². The average Bonchev–Trinajstić information content (AvgIpc) is 2.70. The van der Waals surface area contributed by atoms with Crippen molar-refractivity contribution in [2.45, 2.75) is 125 Å². The molecule has 3 nitrogen and oxygen atoms in total. The summed E-state index contributed by atoms with van der Waals surface area (Å²) in [5, 5.41) is 2.89. The Hall–Kier alpha value is -0.843. The highest BCUT2D eigenvalue weighted by molar-refractivity contribution is 7.30. The van der Waals surface area contributed by atoms with Crippen LogP contribution in [0.15, 0.2) is 30.3 Å². The van der Waals surface area contributed by atoms with Crippen LogP contribution in [0.3, 0.4) is 0 Å². The lowest BCUT2D eigenvalue weighted by Gasteiger charge is -2.47. The van der Waals surface area contributed by atoms with Gasteiger partial charge < -0.3 is 14.1 Å². The van der Waals surface area contributed by atoms with Gasteiger partial charge in [0, 0.05) is 6.42 Å². The summed E-state index contributed by atoms with van der Waals surface area (Å²) in [4.78, 5) is 5.39. The molecule has 1 aromatic rings. The Bertz CT molecular complexity index is 681.